The Hall–Kier alpha value is -0.810. The smallest absolute Gasteiger partial charge is 0.223 e. The van der Waals surface area contributed by atoms with Crippen molar-refractivity contribution in [2.75, 3.05) is 13.1 Å². The summed E-state index contributed by atoms with van der Waals surface area (Å²) in [5, 5.41) is 9.64. The van der Waals surface area contributed by atoms with Crippen molar-refractivity contribution in [1.29, 1.82) is 0 Å². The lowest BCUT2D eigenvalue weighted by molar-refractivity contribution is -0.128. The largest absolute Gasteiger partial charge is 0.354 e. The summed E-state index contributed by atoms with van der Waals surface area (Å²) >= 11 is 0. The van der Waals surface area contributed by atoms with Crippen molar-refractivity contribution in [3.05, 3.63) is 0 Å². The molecule has 1 aliphatic heterocycles. The molecule has 5 nitrogen and oxygen atoms in total. The zero-order chi connectivity index (χ0) is 16.4. The first-order valence-corrected chi connectivity index (χ1v) is 9.32. The highest BCUT2D eigenvalue weighted by Crippen LogP contribution is 2.58. The van der Waals surface area contributed by atoms with Crippen LogP contribution in [0.5, 0.6) is 0 Å². The van der Waals surface area contributed by atoms with Crippen LogP contribution in [0.15, 0.2) is 0 Å². The summed E-state index contributed by atoms with van der Waals surface area (Å²) in [4.78, 5) is 24.8. The van der Waals surface area contributed by atoms with Crippen LogP contribution in [0.3, 0.4) is 0 Å². The normalized spacial score (nSPS) is 31.2. The van der Waals surface area contributed by atoms with Gasteiger partial charge in [-0.15, -0.1) is 12.4 Å². The van der Waals surface area contributed by atoms with E-state index in [1.165, 1.54) is 0 Å². The molecule has 138 valence electrons. The van der Waals surface area contributed by atoms with Crippen LogP contribution < -0.4 is 16.0 Å². The lowest BCUT2D eigenvalue weighted by Gasteiger charge is -2.30. The van der Waals surface area contributed by atoms with Crippen LogP contribution in [0, 0.1) is 17.3 Å². The predicted octanol–water partition coefficient (Wildman–Crippen LogP) is 2.00. The van der Waals surface area contributed by atoms with Gasteiger partial charge in [-0.25, -0.2) is 0 Å². The number of nitrogens with one attached hydrogen (secondary N) is 3. The first-order chi connectivity index (χ1) is 11.0. The van der Waals surface area contributed by atoms with Crippen LogP contribution >= 0.6 is 12.4 Å². The van der Waals surface area contributed by atoms with Gasteiger partial charge in [-0.05, 0) is 70.9 Å². The Morgan fingerprint density at radius 3 is 2.50 bits per heavy atom. The van der Waals surface area contributed by atoms with E-state index in [0.717, 1.165) is 58.0 Å². The van der Waals surface area contributed by atoms with Crippen LogP contribution in [0.25, 0.3) is 0 Å². The molecule has 3 atom stereocenters. The van der Waals surface area contributed by atoms with Gasteiger partial charge in [0, 0.05) is 23.9 Å². The summed E-state index contributed by atoms with van der Waals surface area (Å²) in [5.41, 5.74) is 0.290. The maximum absolute atomic E-state index is 12.6. The minimum absolute atomic E-state index is 0. The second kappa shape index (κ2) is 8.05. The number of hydrogen-bond acceptors (Lipinski definition) is 3. The van der Waals surface area contributed by atoms with Gasteiger partial charge in [-0.1, -0.05) is 6.42 Å². The second-order valence-corrected chi connectivity index (χ2v) is 8.10. The van der Waals surface area contributed by atoms with E-state index in [1.807, 2.05) is 13.8 Å². The maximum Gasteiger partial charge on any atom is 0.223 e. The van der Waals surface area contributed by atoms with Gasteiger partial charge in [0.25, 0.3) is 0 Å². The summed E-state index contributed by atoms with van der Waals surface area (Å²) in [6, 6.07) is 0.363. The molecule has 0 aromatic rings. The van der Waals surface area contributed by atoms with Gasteiger partial charge >= 0.3 is 0 Å². The molecule has 1 heterocycles. The molecule has 2 aliphatic carbocycles. The third-order valence-corrected chi connectivity index (χ3v) is 5.93. The van der Waals surface area contributed by atoms with Crippen LogP contribution in [-0.2, 0) is 9.59 Å². The molecule has 3 fully saturated rings. The fourth-order valence-electron chi connectivity index (χ4n) is 4.46. The van der Waals surface area contributed by atoms with Crippen LogP contribution in [-0.4, -0.2) is 37.0 Å². The molecule has 1 spiro atoms. The molecule has 0 bridgehead atoms. The van der Waals surface area contributed by atoms with Crippen LogP contribution in [0.1, 0.15) is 58.8 Å². The van der Waals surface area contributed by atoms with Crippen molar-refractivity contribution in [2.24, 2.45) is 17.3 Å². The molecular weight excluding hydrogens is 326 g/mol. The Balaban J connectivity index is 0.00000208. The summed E-state index contributed by atoms with van der Waals surface area (Å²) in [5.74, 6) is 0.667. The average molecular weight is 358 g/mol. The SMILES string of the molecule is CC(C)NC(=O)C1CCCC(NC(=O)C2CC23CCNCC3)C1.Cl. The molecule has 3 unspecified atom stereocenters. The Morgan fingerprint density at radius 1 is 1.12 bits per heavy atom. The Labute approximate surface area is 151 Å². The standard InChI is InChI=1S/C18H31N3O2.ClH/c1-12(2)20-16(22)13-4-3-5-14(10-13)21-17(23)15-11-18(15)6-8-19-9-7-18;/h12-15,19H,3-11H2,1-2H3,(H,20,22)(H,21,23);1H. The van der Waals surface area contributed by atoms with Crippen LogP contribution in [0.2, 0.25) is 0 Å². The zero-order valence-corrected chi connectivity index (χ0v) is 15.7. The summed E-state index contributed by atoms with van der Waals surface area (Å²) in [7, 11) is 0. The first kappa shape index (κ1) is 19.5. The van der Waals surface area contributed by atoms with Crippen molar-refractivity contribution < 1.29 is 9.59 Å². The molecule has 0 radical (unpaired) electrons. The molecule has 24 heavy (non-hydrogen) atoms. The van der Waals surface area contributed by atoms with Gasteiger partial charge in [0.2, 0.25) is 11.8 Å². The minimum Gasteiger partial charge on any atom is -0.354 e. The fourth-order valence-corrected chi connectivity index (χ4v) is 4.46. The highest BCUT2D eigenvalue weighted by atomic mass is 35.5. The number of hydrogen-bond donors (Lipinski definition) is 3. The lowest BCUT2D eigenvalue weighted by Crippen LogP contribution is -2.44. The number of amides is 2. The topological polar surface area (TPSA) is 70.2 Å². The zero-order valence-electron chi connectivity index (χ0n) is 14.9. The van der Waals surface area contributed by atoms with Crippen molar-refractivity contribution in [2.45, 2.75) is 70.9 Å². The summed E-state index contributed by atoms with van der Waals surface area (Å²) < 4.78 is 0. The molecule has 2 saturated carbocycles. The van der Waals surface area contributed by atoms with Gasteiger partial charge < -0.3 is 16.0 Å². The number of carbonyl (C=O) groups excluding carboxylic acids is 2. The molecule has 3 N–H and O–H groups in total. The number of rotatable bonds is 4. The van der Waals surface area contributed by atoms with Crippen molar-refractivity contribution >= 4 is 24.2 Å². The minimum atomic E-state index is 0. The molecule has 1 saturated heterocycles. The van der Waals surface area contributed by atoms with Gasteiger partial charge in [-0.2, -0.15) is 0 Å². The molecule has 2 amide bonds. The third kappa shape index (κ3) is 4.42. The molecule has 0 aromatic carbocycles. The summed E-state index contributed by atoms with van der Waals surface area (Å²) in [6.45, 7) is 6.08. The Bertz CT molecular complexity index is 463. The van der Waals surface area contributed by atoms with E-state index in [0.29, 0.717) is 5.41 Å². The van der Waals surface area contributed by atoms with Gasteiger partial charge in [0.1, 0.15) is 0 Å². The molecule has 3 aliphatic rings. The molecule has 3 rings (SSSR count). The highest BCUT2D eigenvalue weighted by Gasteiger charge is 2.57. The number of piperidine rings is 1. The van der Waals surface area contributed by atoms with Crippen molar-refractivity contribution in [1.82, 2.24) is 16.0 Å². The monoisotopic (exact) mass is 357 g/mol. The van der Waals surface area contributed by atoms with Crippen molar-refractivity contribution in [3.63, 3.8) is 0 Å². The van der Waals surface area contributed by atoms with Gasteiger partial charge in [-0.3, -0.25) is 9.59 Å². The third-order valence-electron chi connectivity index (χ3n) is 5.93. The van der Waals surface area contributed by atoms with Gasteiger partial charge in [0.15, 0.2) is 0 Å². The highest BCUT2D eigenvalue weighted by molar-refractivity contribution is 5.85. The molecular formula is C18H32ClN3O2. The van der Waals surface area contributed by atoms with E-state index in [-0.39, 0.29) is 48.1 Å². The number of halogens is 1. The van der Waals surface area contributed by atoms with E-state index in [9.17, 15) is 9.59 Å². The second-order valence-electron chi connectivity index (χ2n) is 8.10. The van der Waals surface area contributed by atoms with Gasteiger partial charge in [0.05, 0.1) is 0 Å². The molecule has 6 heteroatoms. The lowest BCUT2D eigenvalue weighted by atomic mass is 9.84. The van der Waals surface area contributed by atoms with Crippen molar-refractivity contribution in [3.8, 4) is 0 Å². The van der Waals surface area contributed by atoms with E-state index in [1.54, 1.807) is 0 Å². The molecule has 0 aromatic heterocycles. The average Bonchev–Trinajstić information content (AvgIpc) is 3.21. The maximum atomic E-state index is 12.6. The van der Waals surface area contributed by atoms with E-state index in [4.69, 9.17) is 0 Å². The van der Waals surface area contributed by atoms with E-state index < -0.39 is 0 Å². The Morgan fingerprint density at radius 2 is 1.83 bits per heavy atom. The fraction of sp³-hybridized carbons (Fsp3) is 0.889. The van der Waals surface area contributed by atoms with E-state index >= 15 is 0 Å². The predicted molar refractivity (Wildman–Crippen MR) is 97.1 cm³/mol. The first-order valence-electron chi connectivity index (χ1n) is 9.32. The number of carbonyl (C=O) groups is 2. The van der Waals surface area contributed by atoms with Crippen LogP contribution in [0.4, 0.5) is 0 Å². The Kier molecular flexibility index (Phi) is 6.54. The summed E-state index contributed by atoms with van der Waals surface area (Å²) in [6.07, 6.45) is 7.11. The van der Waals surface area contributed by atoms with E-state index in [2.05, 4.69) is 16.0 Å². The quantitative estimate of drug-likeness (QED) is 0.720.